The van der Waals surface area contributed by atoms with Crippen LogP contribution in [0.3, 0.4) is 0 Å². The van der Waals surface area contributed by atoms with Gasteiger partial charge in [0, 0.05) is 13.0 Å². The Kier molecular flexibility index (Phi) is 2.12. The highest BCUT2D eigenvalue weighted by molar-refractivity contribution is 5.88. The number of ketones is 1. The van der Waals surface area contributed by atoms with Gasteiger partial charge in [-0.2, -0.15) is 0 Å². The van der Waals surface area contributed by atoms with Crippen LogP contribution in [0.5, 0.6) is 0 Å². The molecular formula is C8H13NO3. The van der Waals surface area contributed by atoms with Gasteiger partial charge in [0.05, 0.1) is 19.8 Å². The summed E-state index contributed by atoms with van der Waals surface area (Å²) >= 11 is 0. The van der Waals surface area contributed by atoms with E-state index in [4.69, 9.17) is 9.47 Å². The van der Waals surface area contributed by atoms with E-state index in [0.29, 0.717) is 26.2 Å². The third kappa shape index (κ3) is 1.26. The lowest BCUT2D eigenvalue weighted by Crippen LogP contribution is -2.56. The Balaban J connectivity index is 2.09. The zero-order chi connectivity index (χ0) is 8.44. The molecule has 1 N–H and O–H groups in total. The Morgan fingerprint density at radius 1 is 1.33 bits per heavy atom. The fourth-order valence-electron chi connectivity index (χ4n) is 1.61. The van der Waals surface area contributed by atoms with Gasteiger partial charge in [-0.3, -0.25) is 4.79 Å². The summed E-state index contributed by atoms with van der Waals surface area (Å²) in [5.41, 5.74) is 0. The van der Waals surface area contributed by atoms with Crippen LogP contribution in [0, 0.1) is 0 Å². The van der Waals surface area contributed by atoms with E-state index in [2.05, 4.69) is 5.32 Å². The van der Waals surface area contributed by atoms with E-state index in [1.54, 1.807) is 0 Å². The largest absolute Gasteiger partial charge is 0.343 e. The van der Waals surface area contributed by atoms with Crippen molar-refractivity contribution in [2.45, 2.75) is 18.6 Å². The van der Waals surface area contributed by atoms with E-state index in [0.717, 1.165) is 13.0 Å². The summed E-state index contributed by atoms with van der Waals surface area (Å²) in [6.45, 7) is 2.46. The molecular weight excluding hydrogens is 158 g/mol. The molecule has 0 amide bonds. The first-order valence-electron chi connectivity index (χ1n) is 4.35. The zero-order valence-corrected chi connectivity index (χ0v) is 6.97. The van der Waals surface area contributed by atoms with Gasteiger partial charge in [-0.25, -0.2) is 0 Å². The van der Waals surface area contributed by atoms with E-state index in [1.165, 1.54) is 0 Å². The number of nitrogens with one attached hydrogen (secondary N) is 1. The standard InChI is InChI=1S/C8H13NO3/c10-7-6-9-3-2-8(7)11-4-1-5-12-8/h9H,1-6H2. The second-order valence-corrected chi connectivity index (χ2v) is 3.15. The molecule has 0 unspecified atom stereocenters. The lowest BCUT2D eigenvalue weighted by Gasteiger charge is -2.38. The molecule has 4 nitrogen and oxygen atoms in total. The van der Waals surface area contributed by atoms with Crippen molar-refractivity contribution >= 4 is 5.78 Å². The number of Topliss-reactive ketones (excluding diaryl/α,β-unsaturated/α-hetero) is 1. The maximum Gasteiger partial charge on any atom is 0.231 e. The van der Waals surface area contributed by atoms with Crippen molar-refractivity contribution in [1.29, 1.82) is 0 Å². The summed E-state index contributed by atoms with van der Waals surface area (Å²) in [5, 5.41) is 3.00. The van der Waals surface area contributed by atoms with Crippen LogP contribution in [0.15, 0.2) is 0 Å². The van der Waals surface area contributed by atoms with Gasteiger partial charge < -0.3 is 14.8 Å². The molecule has 2 aliphatic heterocycles. The third-order valence-corrected chi connectivity index (χ3v) is 2.30. The fraction of sp³-hybridized carbons (Fsp3) is 0.875. The molecule has 0 aliphatic carbocycles. The second kappa shape index (κ2) is 3.12. The molecule has 12 heavy (non-hydrogen) atoms. The first kappa shape index (κ1) is 8.16. The molecule has 2 aliphatic rings. The highest BCUT2D eigenvalue weighted by Gasteiger charge is 2.43. The Hall–Kier alpha value is -0.450. The quantitative estimate of drug-likeness (QED) is 0.542. The number of carbonyl (C=O) groups is 1. The molecule has 0 radical (unpaired) electrons. The van der Waals surface area contributed by atoms with E-state index in [9.17, 15) is 4.79 Å². The maximum atomic E-state index is 11.5. The van der Waals surface area contributed by atoms with Crippen LogP contribution in [0.25, 0.3) is 0 Å². The molecule has 1 spiro atoms. The summed E-state index contributed by atoms with van der Waals surface area (Å²) in [6.07, 6.45) is 1.54. The highest BCUT2D eigenvalue weighted by Crippen LogP contribution is 2.25. The molecule has 0 atom stereocenters. The smallest absolute Gasteiger partial charge is 0.231 e. The number of hydrogen-bond donors (Lipinski definition) is 1. The molecule has 0 bridgehead atoms. The van der Waals surface area contributed by atoms with E-state index < -0.39 is 5.79 Å². The van der Waals surface area contributed by atoms with Crippen molar-refractivity contribution in [2.75, 3.05) is 26.3 Å². The van der Waals surface area contributed by atoms with Crippen molar-refractivity contribution in [3.63, 3.8) is 0 Å². The lowest BCUT2D eigenvalue weighted by molar-refractivity contribution is -0.257. The second-order valence-electron chi connectivity index (χ2n) is 3.15. The summed E-state index contributed by atoms with van der Waals surface area (Å²) in [4.78, 5) is 11.5. The summed E-state index contributed by atoms with van der Waals surface area (Å²) in [7, 11) is 0. The van der Waals surface area contributed by atoms with Crippen LogP contribution >= 0.6 is 0 Å². The van der Waals surface area contributed by atoms with Crippen LogP contribution in [-0.4, -0.2) is 37.9 Å². The van der Waals surface area contributed by atoms with E-state index in [-0.39, 0.29) is 5.78 Å². The number of piperidine rings is 1. The van der Waals surface area contributed by atoms with Crippen molar-refractivity contribution in [3.05, 3.63) is 0 Å². The lowest BCUT2D eigenvalue weighted by atomic mass is 10.0. The van der Waals surface area contributed by atoms with Crippen molar-refractivity contribution in [3.8, 4) is 0 Å². The summed E-state index contributed by atoms with van der Waals surface area (Å²) in [6, 6.07) is 0. The van der Waals surface area contributed by atoms with Crippen LogP contribution in [0.2, 0.25) is 0 Å². The van der Waals surface area contributed by atoms with Gasteiger partial charge >= 0.3 is 0 Å². The van der Waals surface area contributed by atoms with Crippen LogP contribution in [0.1, 0.15) is 12.8 Å². The number of ether oxygens (including phenoxy) is 2. The van der Waals surface area contributed by atoms with Gasteiger partial charge in [-0.15, -0.1) is 0 Å². The van der Waals surface area contributed by atoms with Crippen LogP contribution < -0.4 is 5.32 Å². The molecule has 0 aromatic heterocycles. The van der Waals surface area contributed by atoms with Gasteiger partial charge in [-0.1, -0.05) is 0 Å². The van der Waals surface area contributed by atoms with Crippen molar-refractivity contribution < 1.29 is 14.3 Å². The monoisotopic (exact) mass is 171 g/mol. The molecule has 4 heteroatoms. The minimum absolute atomic E-state index is 0.0356. The Bertz CT molecular complexity index is 178. The third-order valence-electron chi connectivity index (χ3n) is 2.30. The van der Waals surface area contributed by atoms with Gasteiger partial charge in [0.2, 0.25) is 11.6 Å². The normalized spacial score (nSPS) is 29.2. The zero-order valence-electron chi connectivity index (χ0n) is 6.97. The average molecular weight is 171 g/mol. The van der Waals surface area contributed by atoms with Crippen molar-refractivity contribution in [1.82, 2.24) is 5.32 Å². The van der Waals surface area contributed by atoms with E-state index in [1.807, 2.05) is 0 Å². The predicted molar refractivity (Wildman–Crippen MR) is 41.7 cm³/mol. The molecule has 0 aromatic rings. The van der Waals surface area contributed by atoms with Crippen LogP contribution in [0.4, 0.5) is 0 Å². The van der Waals surface area contributed by atoms with Gasteiger partial charge in [-0.05, 0) is 6.42 Å². The Labute approximate surface area is 71.2 Å². The number of hydrogen-bond acceptors (Lipinski definition) is 4. The summed E-state index contributed by atoms with van der Waals surface area (Å²) in [5.74, 6) is -0.850. The molecule has 0 aromatic carbocycles. The first-order chi connectivity index (χ1) is 5.83. The summed E-state index contributed by atoms with van der Waals surface area (Å²) < 4.78 is 10.8. The molecule has 0 saturated carbocycles. The molecule has 2 rings (SSSR count). The van der Waals surface area contributed by atoms with Crippen molar-refractivity contribution in [2.24, 2.45) is 0 Å². The molecule has 68 valence electrons. The number of carbonyl (C=O) groups excluding carboxylic acids is 1. The fourth-order valence-corrected chi connectivity index (χ4v) is 1.61. The molecule has 2 heterocycles. The number of rotatable bonds is 0. The van der Waals surface area contributed by atoms with Crippen LogP contribution in [-0.2, 0) is 14.3 Å². The molecule has 2 saturated heterocycles. The Morgan fingerprint density at radius 2 is 2.08 bits per heavy atom. The SMILES string of the molecule is O=C1CNCCC12OCCCO2. The first-order valence-corrected chi connectivity index (χ1v) is 4.35. The topological polar surface area (TPSA) is 47.6 Å². The van der Waals surface area contributed by atoms with Gasteiger partial charge in [0.15, 0.2) is 0 Å². The average Bonchev–Trinajstić information content (AvgIpc) is 2.12. The minimum Gasteiger partial charge on any atom is -0.343 e. The maximum absolute atomic E-state index is 11.5. The van der Waals surface area contributed by atoms with E-state index >= 15 is 0 Å². The Morgan fingerprint density at radius 3 is 2.75 bits per heavy atom. The minimum atomic E-state index is -0.885. The molecule has 2 fully saturated rings. The van der Waals surface area contributed by atoms with Gasteiger partial charge in [0.25, 0.3) is 0 Å². The highest BCUT2D eigenvalue weighted by atomic mass is 16.7. The van der Waals surface area contributed by atoms with Gasteiger partial charge in [0.1, 0.15) is 0 Å². The predicted octanol–water partition coefficient (Wildman–Crippen LogP) is -0.318.